The number of fused-ring (bicyclic) bond motifs is 1. The van der Waals surface area contributed by atoms with Gasteiger partial charge in [0.05, 0.1) is 6.04 Å². The summed E-state index contributed by atoms with van der Waals surface area (Å²) in [6.07, 6.45) is 1.21. The van der Waals surface area contributed by atoms with Crippen LogP contribution in [0.2, 0.25) is 0 Å². The predicted molar refractivity (Wildman–Crippen MR) is 115 cm³/mol. The SMILES string of the molecule is O=C(Oc1ccccc1)N1CCCC1c1nc2c(=O)[nH]c(-c3ccccc3)nc2s1. The number of hydrogen-bond acceptors (Lipinski definition) is 6. The maximum atomic E-state index is 12.7. The Balaban J connectivity index is 1.46. The lowest BCUT2D eigenvalue weighted by Gasteiger charge is -2.22. The number of nitrogens with zero attached hydrogens (tertiary/aromatic N) is 3. The minimum atomic E-state index is -0.408. The van der Waals surface area contributed by atoms with Crippen molar-refractivity contribution in [2.24, 2.45) is 0 Å². The van der Waals surface area contributed by atoms with Crippen LogP contribution in [0, 0.1) is 0 Å². The maximum absolute atomic E-state index is 12.7. The lowest BCUT2D eigenvalue weighted by atomic mass is 10.2. The number of hydrogen-bond donors (Lipinski definition) is 1. The van der Waals surface area contributed by atoms with Crippen LogP contribution in [0.5, 0.6) is 5.75 Å². The Morgan fingerprint density at radius 3 is 2.57 bits per heavy atom. The molecule has 30 heavy (non-hydrogen) atoms. The second-order valence-electron chi connectivity index (χ2n) is 7.02. The summed E-state index contributed by atoms with van der Waals surface area (Å²) >= 11 is 1.35. The molecule has 4 aromatic rings. The Bertz CT molecular complexity index is 1250. The number of ether oxygens (including phenoxy) is 1. The van der Waals surface area contributed by atoms with Gasteiger partial charge in [-0.3, -0.25) is 9.69 Å². The summed E-state index contributed by atoms with van der Waals surface area (Å²) in [4.78, 5) is 39.5. The summed E-state index contributed by atoms with van der Waals surface area (Å²) in [5.74, 6) is 1.01. The van der Waals surface area contributed by atoms with Crippen molar-refractivity contribution in [3.8, 4) is 17.1 Å². The van der Waals surface area contributed by atoms with Crippen molar-refractivity contribution in [2.45, 2.75) is 18.9 Å². The van der Waals surface area contributed by atoms with Crippen LogP contribution in [-0.2, 0) is 0 Å². The Labute approximate surface area is 176 Å². The molecule has 0 aliphatic carbocycles. The maximum Gasteiger partial charge on any atom is 0.415 e. The van der Waals surface area contributed by atoms with Gasteiger partial charge in [-0.05, 0) is 25.0 Å². The zero-order chi connectivity index (χ0) is 20.5. The van der Waals surface area contributed by atoms with Crippen LogP contribution >= 0.6 is 11.3 Å². The van der Waals surface area contributed by atoms with Gasteiger partial charge in [0.15, 0.2) is 10.3 Å². The largest absolute Gasteiger partial charge is 0.415 e. The molecule has 1 aliphatic rings. The second-order valence-corrected chi connectivity index (χ2v) is 8.03. The first-order valence-electron chi connectivity index (χ1n) is 9.69. The molecule has 1 atom stereocenters. The van der Waals surface area contributed by atoms with Crippen LogP contribution in [0.4, 0.5) is 4.79 Å². The lowest BCUT2D eigenvalue weighted by molar-refractivity contribution is 0.147. The number of aromatic amines is 1. The molecule has 2 aromatic heterocycles. The molecule has 1 unspecified atom stereocenters. The normalized spacial score (nSPS) is 16.1. The number of carbonyl (C=O) groups is 1. The molecule has 150 valence electrons. The van der Waals surface area contributed by atoms with Crippen molar-refractivity contribution < 1.29 is 9.53 Å². The van der Waals surface area contributed by atoms with E-state index in [4.69, 9.17) is 4.74 Å². The van der Waals surface area contributed by atoms with Gasteiger partial charge in [0.25, 0.3) is 5.56 Å². The first kappa shape index (κ1) is 18.5. The van der Waals surface area contributed by atoms with E-state index in [0.29, 0.717) is 33.5 Å². The Morgan fingerprint density at radius 2 is 1.80 bits per heavy atom. The Hall–Kier alpha value is -3.52. The summed E-state index contributed by atoms with van der Waals surface area (Å²) in [7, 11) is 0. The number of amides is 1. The fraction of sp³-hybridized carbons (Fsp3) is 0.182. The number of likely N-dealkylation sites (tertiary alicyclic amines) is 1. The minimum Gasteiger partial charge on any atom is -0.410 e. The number of benzene rings is 2. The molecule has 1 amide bonds. The molecular weight excluding hydrogens is 400 g/mol. The topological polar surface area (TPSA) is 88.2 Å². The van der Waals surface area contributed by atoms with Gasteiger partial charge in [0, 0.05) is 12.1 Å². The van der Waals surface area contributed by atoms with Crippen molar-refractivity contribution in [2.75, 3.05) is 6.54 Å². The van der Waals surface area contributed by atoms with Crippen LogP contribution in [0.15, 0.2) is 65.5 Å². The molecule has 1 saturated heterocycles. The highest BCUT2D eigenvalue weighted by atomic mass is 32.1. The van der Waals surface area contributed by atoms with Crippen molar-refractivity contribution in [1.82, 2.24) is 19.9 Å². The Kier molecular flexibility index (Phi) is 4.76. The summed E-state index contributed by atoms with van der Waals surface area (Å²) in [5.41, 5.74) is 0.858. The van der Waals surface area contributed by atoms with E-state index in [1.807, 2.05) is 48.5 Å². The molecule has 0 bridgehead atoms. The smallest absolute Gasteiger partial charge is 0.410 e. The van der Waals surface area contributed by atoms with Gasteiger partial charge in [-0.25, -0.2) is 14.8 Å². The highest BCUT2D eigenvalue weighted by molar-refractivity contribution is 7.18. The zero-order valence-electron chi connectivity index (χ0n) is 15.9. The molecule has 1 fully saturated rings. The van der Waals surface area contributed by atoms with Crippen molar-refractivity contribution in [3.05, 3.63) is 76.0 Å². The third-order valence-electron chi connectivity index (χ3n) is 5.05. The summed E-state index contributed by atoms with van der Waals surface area (Å²) in [6, 6.07) is 18.3. The number of thiazole rings is 1. The molecule has 7 nitrogen and oxygen atoms in total. The van der Waals surface area contributed by atoms with Crippen molar-refractivity contribution in [1.29, 1.82) is 0 Å². The van der Waals surface area contributed by atoms with E-state index < -0.39 is 6.09 Å². The Morgan fingerprint density at radius 1 is 1.07 bits per heavy atom. The van der Waals surface area contributed by atoms with E-state index in [1.165, 1.54) is 11.3 Å². The fourth-order valence-electron chi connectivity index (χ4n) is 3.61. The highest BCUT2D eigenvalue weighted by Crippen LogP contribution is 2.36. The monoisotopic (exact) mass is 418 g/mol. The molecular formula is C22H18N4O3S. The van der Waals surface area contributed by atoms with Gasteiger partial charge in [0.1, 0.15) is 16.6 Å². The molecule has 2 aromatic carbocycles. The molecule has 0 spiro atoms. The molecule has 8 heteroatoms. The minimum absolute atomic E-state index is 0.222. The average Bonchev–Trinajstić information content (AvgIpc) is 3.42. The third kappa shape index (κ3) is 3.46. The van der Waals surface area contributed by atoms with Crippen LogP contribution in [0.3, 0.4) is 0 Å². The van der Waals surface area contributed by atoms with Crippen LogP contribution < -0.4 is 10.3 Å². The molecule has 5 rings (SSSR count). The zero-order valence-corrected chi connectivity index (χ0v) is 16.8. The van der Waals surface area contributed by atoms with E-state index in [2.05, 4.69) is 15.0 Å². The number of H-pyrrole nitrogens is 1. The predicted octanol–water partition coefficient (Wildman–Crippen LogP) is 4.38. The molecule has 0 saturated carbocycles. The van der Waals surface area contributed by atoms with Gasteiger partial charge in [-0.2, -0.15) is 0 Å². The molecule has 1 aliphatic heterocycles. The summed E-state index contributed by atoms with van der Waals surface area (Å²) in [5, 5.41) is 0.704. The average molecular weight is 418 g/mol. The molecule has 0 radical (unpaired) electrons. The highest BCUT2D eigenvalue weighted by Gasteiger charge is 2.34. The quantitative estimate of drug-likeness (QED) is 0.533. The first-order chi connectivity index (χ1) is 14.7. The van der Waals surface area contributed by atoms with Crippen molar-refractivity contribution >= 4 is 27.8 Å². The van der Waals surface area contributed by atoms with Crippen LogP contribution in [-0.4, -0.2) is 32.5 Å². The number of para-hydroxylation sites is 1. The molecule has 3 heterocycles. The number of rotatable bonds is 3. The fourth-order valence-corrected chi connectivity index (χ4v) is 4.70. The first-order valence-corrected chi connectivity index (χ1v) is 10.5. The van der Waals surface area contributed by atoms with E-state index in [-0.39, 0.29) is 11.6 Å². The van der Waals surface area contributed by atoms with Gasteiger partial charge in [-0.15, -0.1) is 0 Å². The van der Waals surface area contributed by atoms with Crippen LogP contribution in [0.25, 0.3) is 21.7 Å². The van der Waals surface area contributed by atoms with Gasteiger partial charge < -0.3 is 9.72 Å². The number of aromatic nitrogens is 3. The van der Waals surface area contributed by atoms with Gasteiger partial charge >= 0.3 is 6.09 Å². The van der Waals surface area contributed by atoms with Gasteiger partial charge in [-0.1, -0.05) is 59.9 Å². The second kappa shape index (κ2) is 7.72. The third-order valence-corrected chi connectivity index (χ3v) is 6.10. The van der Waals surface area contributed by atoms with Gasteiger partial charge in [0.2, 0.25) is 0 Å². The van der Waals surface area contributed by atoms with E-state index in [9.17, 15) is 9.59 Å². The van der Waals surface area contributed by atoms with Crippen LogP contribution in [0.1, 0.15) is 23.9 Å². The molecule has 1 N–H and O–H groups in total. The standard InChI is InChI=1S/C22H18N4O3S/c27-19-17-21(25-18(24-19)14-8-3-1-4-9-14)30-20(23-17)16-12-7-13-26(16)22(28)29-15-10-5-2-6-11-15/h1-6,8-11,16H,7,12-13H2,(H,24,25,27). The van der Waals surface area contributed by atoms with E-state index in [1.54, 1.807) is 17.0 Å². The summed E-state index contributed by atoms with van der Waals surface area (Å²) < 4.78 is 5.51. The summed E-state index contributed by atoms with van der Waals surface area (Å²) in [6.45, 7) is 0.589. The van der Waals surface area contributed by atoms with Crippen molar-refractivity contribution in [3.63, 3.8) is 0 Å². The van der Waals surface area contributed by atoms with E-state index in [0.717, 1.165) is 18.4 Å². The number of nitrogens with one attached hydrogen (secondary N) is 1. The number of carbonyl (C=O) groups excluding carboxylic acids is 1. The lowest BCUT2D eigenvalue weighted by Crippen LogP contribution is -2.33. The van der Waals surface area contributed by atoms with E-state index >= 15 is 0 Å².